The number of ketones is 1. The third-order valence-electron chi connectivity index (χ3n) is 3.01. The van der Waals surface area contributed by atoms with E-state index in [0.29, 0.717) is 24.7 Å². The number of hydrogen-bond acceptors (Lipinski definition) is 7. The number of nitrogens with one attached hydrogen (secondary N) is 1. The van der Waals surface area contributed by atoms with Crippen molar-refractivity contribution in [1.29, 1.82) is 10.7 Å². The Hall–Kier alpha value is -2.88. The van der Waals surface area contributed by atoms with Gasteiger partial charge in [-0.15, -0.1) is 0 Å². The highest BCUT2D eigenvalue weighted by molar-refractivity contribution is 6.06. The van der Waals surface area contributed by atoms with Crippen LogP contribution in [0, 0.1) is 22.7 Å². The second-order valence-corrected chi connectivity index (χ2v) is 4.65. The number of esters is 1. The van der Waals surface area contributed by atoms with Gasteiger partial charge in [-0.3, -0.25) is 4.79 Å². The largest absolute Gasteiger partial charge is 0.486 e. The molecule has 0 aromatic heterocycles. The fourth-order valence-corrected chi connectivity index (χ4v) is 1.88. The van der Waals surface area contributed by atoms with Gasteiger partial charge in [-0.25, -0.2) is 4.79 Å². The molecule has 0 saturated heterocycles. The van der Waals surface area contributed by atoms with Crippen LogP contribution in [0.25, 0.3) is 0 Å². The summed E-state index contributed by atoms with van der Waals surface area (Å²) in [6, 6.07) is 6.27. The van der Waals surface area contributed by atoms with Crippen LogP contribution in [0.2, 0.25) is 0 Å². The number of carbonyl (C=O) groups excluding carboxylic acids is 2. The summed E-state index contributed by atoms with van der Waals surface area (Å²) in [7, 11) is 0. The smallest absolute Gasteiger partial charge is 0.338 e. The van der Waals surface area contributed by atoms with E-state index in [1.54, 1.807) is 12.1 Å². The molecule has 1 aliphatic heterocycles. The molecule has 7 nitrogen and oxygen atoms in total. The molecule has 1 atom stereocenters. The number of nitriles is 1. The minimum Gasteiger partial charge on any atom is -0.486 e. The molecule has 0 amide bonds. The second-order valence-electron chi connectivity index (χ2n) is 4.65. The first kappa shape index (κ1) is 15.5. The van der Waals surface area contributed by atoms with Crippen molar-refractivity contribution in [3.8, 4) is 17.6 Å². The van der Waals surface area contributed by atoms with E-state index in [1.165, 1.54) is 19.1 Å². The Balaban J connectivity index is 1.99. The topological polar surface area (TPSA) is 109 Å². The monoisotopic (exact) mass is 302 g/mol. The molecule has 1 aromatic rings. The molecular weight excluding hydrogens is 288 g/mol. The molecule has 1 unspecified atom stereocenters. The summed E-state index contributed by atoms with van der Waals surface area (Å²) >= 11 is 0. The number of nitrogens with zero attached hydrogens (tertiary/aromatic N) is 1. The molecule has 1 aliphatic rings. The van der Waals surface area contributed by atoms with Crippen LogP contribution in [0.5, 0.6) is 11.5 Å². The van der Waals surface area contributed by atoms with Crippen molar-refractivity contribution in [2.24, 2.45) is 5.92 Å². The summed E-state index contributed by atoms with van der Waals surface area (Å²) in [5, 5.41) is 16.1. The Bertz CT molecular complexity index is 662. The zero-order chi connectivity index (χ0) is 16.1. The van der Waals surface area contributed by atoms with Crippen LogP contribution < -0.4 is 9.47 Å². The van der Waals surface area contributed by atoms with Crippen LogP contribution in [0.1, 0.15) is 17.3 Å². The van der Waals surface area contributed by atoms with Gasteiger partial charge in [-0.2, -0.15) is 5.26 Å². The first-order valence-electron chi connectivity index (χ1n) is 6.57. The molecule has 0 saturated carbocycles. The second kappa shape index (κ2) is 6.72. The molecule has 1 heterocycles. The van der Waals surface area contributed by atoms with Crippen molar-refractivity contribution in [3.63, 3.8) is 0 Å². The quantitative estimate of drug-likeness (QED) is 0.649. The van der Waals surface area contributed by atoms with E-state index in [4.69, 9.17) is 24.9 Å². The van der Waals surface area contributed by atoms with Crippen molar-refractivity contribution in [2.45, 2.75) is 6.92 Å². The lowest BCUT2D eigenvalue weighted by molar-refractivity contribution is -0.122. The maximum atomic E-state index is 11.9. The van der Waals surface area contributed by atoms with Crippen molar-refractivity contribution < 1.29 is 23.8 Å². The summed E-state index contributed by atoms with van der Waals surface area (Å²) in [6.07, 6.45) is 0. The molecule has 7 heteroatoms. The zero-order valence-electron chi connectivity index (χ0n) is 11.9. The van der Waals surface area contributed by atoms with Gasteiger partial charge in [0.05, 0.1) is 11.6 Å². The SMILES string of the molecule is CC(=N)C(C#N)C(=O)COC(=O)c1ccc2c(c1)OCCO2. The van der Waals surface area contributed by atoms with E-state index in [9.17, 15) is 9.59 Å². The number of hydrogen-bond donors (Lipinski definition) is 1. The zero-order valence-corrected chi connectivity index (χ0v) is 11.9. The molecule has 22 heavy (non-hydrogen) atoms. The summed E-state index contributed by atoms with van der Waals surface area (Å²) in [6.45, 7) is 1.65. The van der Waals surface area contributed by atoms with Crippen LogP contribution in [0.3, 0.4) is 0 Å². The van der Waals surface area contributed by atoms with Gasteiger partial charge in [0.15, 0.2) is 23.9 Å². The van der Waals surface area contributed by atoms with Gasteiger partial charge in [0.25, 0.3) is 0 Å². The van der Waals surface area contributed by atoms with Gasteiger partial charge in [0.2, 0.25) is 0 Å². The number of Topliss-reactive ketones (excluding diaryl/α,β-unsaturated/α-hetero) is 1. The van der Waals surface area contributed by atoms with E-state index in [-0.39, 0.29) is 11.3 Å². The van der Waals surface area contributed by atoms with Gasteiger partial charge >= 0.3 is 5.97 Å². The van der Waals surface area contributed by atoms with Crippen LogP contribution in [-0.4, -0.2) is 37.3 Å². The number of fused-ring (bicyclic) bond motifs is 1. The molecule has 0 fully saturated rings. The standard InChI is InChI=1S/C15H14N2O5/c1-9(17)11(7-16)12(18)8-22-15(19)10-2-3-13-14(6-10)21-5-4-20-13/h2-3,6,11,17H,4-5,8H2,1H3. The first-order chi connectivity index (χ1) is 10.5. The van der Waals surface area contributed by atoms with Crippen LogP contribution in [-0.2, 0) is 9.53 Å². The highest BCUT2D eigenvalue weighted by Gasteiger charge is 2.22. The van der Waals surface area contributed by atoms with Crippen molar-refractivity contribution >= 4 is 17.5 Å². The lowest BCUT2D eigenvalue weighted by atomic mass is 10.0. The Morgan fingerprint density at radius 1 is 1.36 bits per heavy atom. The van der Waals surface area contributed by atoms with Crippen LogP contribution in [0.4, 0.5) is 0 Å². The van der Waals surface area contributed by atoms with Crippen LogP contribution in [0.15, 0.2) is 18.2 Å². The predicted octanol–water partition coefficient (Wildman–Crippen LogP) is 1.36. The van der Waals surface area contributed by atoms with E-state index in [1.807, 2.05) is 0 Å². The Morgan fingerprint density at radius 2 is 2.05 bits per heavy atom. The predicted molar refractivity (Wildman–Crippen MR) is 75.2 cm³/mol. The summed E-state index contributed by atoms with van der Waals surface area (Å²) in [4.78, 5) is 23.6. The van der Waals surface area contributed by atoms with Gasteiger partial charge in [-0.1, -0.05) is 0 Å². The minimum atomic E-state index is -1.19. The fourth-order valence-electron chi connectivity index (χ4n) is 1.88. The average Bonchev–Trinajstić information content (AvgIpc) is 2.52. The van der Waals surface area contributed by atoms with E-state index >= 15 is 0 Å². The molecular formula is C15H14N2O5. The highest BCUT2D eigenvalue weighted by Crippen LogP contribution is 2.30. The fraction of sp³-hybridized carbons (Fsp3) is 0.333. The molecule has 114 valence electrons. The average molecular weight is 302 g/mol. The van der Waals surface area contributed by atoms with Crippen molar-refractivity contribution in [2.75, 3.05) is 19.8 Å². The molecule has 0 spiro atoms. The highest BCUT2D eigenvalue weighted by atomic mass is 16.6. The molecule has 2 rings (SSSR count). The maximum Gasteiger partial charge on any atom is 0.338 e. The van der Waals surface area contributed by atoms with Crippen LogP contribution >= 0.6 is 0 Å². The number of benzene rings is 1. The normalized spacial score (nSPS) is 13.6. The Labute approximate surface area is 126 Å². The number of ether oxygens (including phenoxy) is 3. The van der Waals surface area contributed by atoms with Gasteiger partial charge in [0, 0.05) is 5.71 Å². The van der Waals surface area contributed by atoms with E-state index in [0.717, 1.165) is 0 Å². The first-order valence-corrected chi connectivity index (χ1v) is 6.57. The third-order valence-corrected chi connectivity index (χ3v) is 3.01. The Morgan fingerprint density at radius 3 is 2.68 bits per heavy atom. The van der Waals surface area contributed by atoms with Gasteiger partial charge in [0.1, 0.15) is 19.1 Å². The minimum absolute atomic E-state index is 0.0807. The summed E-state index contributed by atoms with van der Waals surface area (Å²) < 4.78 is 15.6. The van der Waals surface area contributed by atoms with Gasteiger partial charge in [-0.05, 0) is 25.1 Å². The molecule has 0 radical (unpaired) electrons. The van der Waals surface area contributed by atoms with Gasteiger partial charge < -0.3 is 19.6 Å². The summed E-state index contributed by atoms with van der Waals surface area (Å²) in [5.74, 6) is -1.53. The molecule has 0 aliphatic carbocycles. The van der Waals surface area contributed by atoms with E-state index in [2.05, 4.69) is 0 Å². The van der Waals surface area contributed by atoms with E-state index < -0.39 is 24.3 Å². The number of carbonyl (C=O) groups is 2. The lowest BCUT2D eigenvalue weighted by Gasteiger charge is -2.18. The molecule has 0 bridgehead atoms. The molecule has 1 N–H and O–H groups in total. The number of rotatable bonds is 5. The third kappa shape index (κ3) is 3.41. The Kier molecular flexibility index (Phi) is 4.73. The lowest BCUT2D eigenvalue weighted by Crippen LogP contribution is -2.25. The maximum absolute atomic E-state index is 11.9. The van der Waals surface area contributed by atoms with Crippen molar-refractivity contribution in [3.05, 3.63) is 23.8 Å². The molecule has 1 aromatic carbocycles. The summed E-state index contributed by atoms with van der Waals surface area (Å²) in [5.41, 5.74) is 0.139. The van der Waals surface area contributed by atoms with Crippen molar-refractivity contribution in [1.82, 2.24) is 0 Å².